The second kappa shape index (κ2) is 12.6. The maximum Gasteiger partial charge on any atom is 0.333 e. The number of urea groups is 1. The number of hydrazine groups is 1. The van der Waals surface area contributed by atoms with Crippen LogP contribution in [0, 0.1) is 5.92 Å². The Hall–Kier alpha value is -3.22. The van der Waals surface area contributed by atoms with Crippen LogP contribution in [-0.4, -0.2) is 33.2 Å². The number of phenolic OH excluding ortho intramolecular Hbond substituents is 2. The summed E-state index contributed by atoms with van der Waals surface area (Å²) >= 11 is 0. The van der Waals surface area contributed by atoms with Gasteiger partial charge in [-0.1, -0.05) is 69.7 Å². The summed E-state index contributed by atoms with van der Waals surface area (Å²) < 4.78 is 0. The summed E-state index contributed by atoms with van der Waals surface area (Å²) in [6.07, 6.45) is 2.82. The molecule has 0 radical (unpaired) electrons. The number of nitrogens with zero attached hydrogens (tertiary/aromatic N) is 1. The highest BCUT2D eigenvalue weighted by Gasteiger charge is 2.26. The predicted molar refractivity (Wildman–Crippen MR) is 125 cm³/mol. The first-order valence-corrected chi connectivity index (χ1v) is 11.3. The largest absolute Gasteiger partial charge is 0.504 e. The number of benzene rings is 2. The van der Waals surface area contributed by atoms with Gasteiger partial charge in [0.05, 0.1) is 6.04 Å². The van der Waals surface area contributed by atoms with Crippen LogP contribution < -0.4 is 10.7 Å². The molecule has 0 saturated carbocycles. The van der Waals surface area contributed by atoms with E-state index in [1.54, 1.807) is 12.1 Å². The van der Waals surface area contributed by atoms with Gasteiger partial charge >= 0.3 is 6.03 Å². The number of phenols is 2. The fraction of sp³-hybridized carbons (Fsp3) is 0.440. The van der Waals surface area contributed by atoms with Crippen LogP contribution in [0.2, 0.25) is 0 Å². The first kappa shape index (κ1) is 25.0. The molecule has 2 rings (SSSR count). The molecule has 0 aliphatic carbocycles. The molecule has 2 unspecified atom stereocenters. The van der Waals surface area contributed by atoms with E-state index in [0.29, 0.717) is 37.8 Å². The van der Waals surface area contributed by atoms with Crippen LogP contribution in [-0.2, 0) is 17.8 Å². The highest BCUT2D eigenvalue weighted by Crippen LogP contribution is 2.29. The Morgan fingerprint density at radius 1 is 1.00 bits per heavy atom. The zero-order valence-corrected chi connectivity index (χ0v) is 19.2. The molecule has 0 saturated heterocycles. The van der Waals surface area contributed by atoms with E-state index in [0.717, 1.165) is 12.0 Å². The Morgan fingerprint density at radius 3 is 2.38 bits per heavy atom. The SMILES string of the molecule is CCC(C)CC(=O)N(NC(=O)NCc1ccccc1)C(CC)CCc1cccc(O)c1O. The number of rotatable bonds is 10. The Labute approximate surface area is 190 Å². The third-order valence-corrected chi connectivity index (χ3v) is 5.69. The smallest absolute Gasteiger partial charge is 0.333 e. The quantitative estimate of drug-likeness (QED) is 0.322. The van der Waals surface area contributed by atoms with E-state index in [2.05, 4.69) is 10.7 Å². The zero-order valence-electron chi connectivity index (χ0n) is 19.2. The number of aromatic hydroxyl groups is 2. The van der Waals surface area contributed by atoms with Crippen LogP contribution in [0.5, 0.6) is 11.5 Å². The minimum atomic E-state index is -0.440. The van der Waals surface area contributed by atoms with Gasteiger partial charge in [0.1, 0.15) is 0 Å². The maximum absolute atomic E-state index is 13.0. The van der Waals surface area contributed by atoms with E-state index in [1.165, 1.54) is 11.1 Å². The van der Waals surface area contributed by atoms with Crippen molar-refractivity contribution in [1.82, 2.24) is 15.8 Å². The minimum Gasteiger partial charge on any atom is -0.504 e. The lowest BCUT2D eigenvalue weighted by Gasteiger charge is -2.32. The molecule has 32 heavy (non-hydrogen) atoms. The molecule has 7 nitrogen and oxygen atoms in total. The minimum absolute atomic E-state index is 0.138. The molecule has 0 aliphatic heterocycles. The Balaban J connectivity index is 2.09. The summed E-state index contributed by atoms with van der Waals surface area (Å²) in [7, 11) is 0. The lowest BCUT2D eigenvalue weighted by molar-refractivity contribution is -0.137. The average molecular weight is 442 g/mol. The van der Waals surface area contributed by atoms with Crippen LogP contribution in [0.15, 0.2) is 48.5 Å². The third kappa shape index (κ3) is 7.48. The summed E-state index contributed by atoms with van der Waals surface area (Å²) in [4.78, 5) is 25.6. The van der Waals surface area contributed by atoms with E-state index in [4.69, 9.17) is 0 Å². The zero-order chi connectivity index (χ0) is 23.5. The number of para-hydroxylation sites is 1. The molecule has 174 valence electrons. The van der Waals surface area contributed by atoms with Crippen molar-refractivity contribution in [3.8, 4) is 11.5 Å². The standard InChI is InChI=1S/C25H35N3O4/c1-4-18(3)16-23(30)28(27-25(32)26-17-19-10-7-6-8-11-19)21(5-2)15-14-20-12-9-13-22(29)24(20)31/h6-13,18,21,29,31H,4-5,14-17H2,1-3H3,(H2,26,27,32). The van der Waals surface area contributed by atoms with Crippen molar-refractivity contribution in [2.24, 2.45) is 5.92 Å². The molecule has 0 spiro atoms. The first-order valence-electron chi connectivity index (χ1n) is 11.3. The van der Waals surface area contributed by atoms with Crippen molar-refractivity contribution in [1.29, 1.82) is 0 Å². The number of aryl methyl sites for hydroxylation is 1. The fourth-order valence-corrected chi connectivity index (χ4v) is 3.44. The molecular formula is C25H35N3O4. The second-order valence-corrected chi connectivity index (χ2v) is 8.15. The number of carbonyl (C=O) groups excluding carboxylic acids is 2. The molecule has 4 N–H and O–H groups in total. The van der Waals surface area contributed by atoms with Crippen LogP contribution in [0.1, 0.15) is 57.6 Å². The number of hydrogen-bond acceptors (Lipinski definition) is 4. The maximum atomic E-state index is 13.0. The highest BCUT2D eigenvalue weighted by atomic mass is 16.3. The fourth-order valence-electron chi connectivity index (χ4n) is 3.44. The topological polar surface area (TPSA) is 102 Å². The Bertz CT molecular complexity index is 873. The summed E-state index contributed by atoms with van der Waals surface area (Å²) in [5, 5.41) is 24.1. The molecule has 7 heteroatoms. The van der Waals surface area contributed by atoms with Gasteiger partial charge in [-0.25, -0.2) is 15.2 Å². The molecule has 0 heterocycles. The number of amides is 3. The molecule has 0 bridgehead atoms. The summed E-state index contributed by atoms with van der Waals surface area (Å²) in [5.41, 5.74) is 4.32. The summed E-state index contributed by atoms with van der Waals surface area (Å²) in [6.45, 7) is 6.36. The monoisotopic (exact) mass is 441 g/mol. The Kier molecular flexibility index (Phi) is 9.85. The van der Waals surface area contributed by atoms with Crippen molar-refractivity contribution >= 4 is 11.9 Å². The lowest BCUT2D eigenvalue weighted by Crippen LogP contribution is -2.54. The lowest BCUT2D eigenvalue weighted by atomic mass is 10.00. The van der Waals surface area contributed by atoms with Crippen molar-refractivity contribution < 1.29 is 19.8 Å². The van der Waals surface area contributed by atoms with Crippen LogP contribution >= 0.6 is 0 Å². The van der Waals surface area contributed by atoms with Gasteiger partial charge in [0.25, 0.3) is 0 Å². The molecule has 2 aromatic rings. The van der Waals surface area contributed by atoms with Gasteiger partial charge < -0.3 is 15.5 Å². The van der Waals surface area contributed by atoms with E-state index in [9.17, 15) is 19.8 Å². The Morgan fingerprint density at radius 2 is 1.72 bits per heavy atom. The van der Waals surface area contributed by atoms with Crippen LogP contribution in [0.3, 0.4) is 0 Å². The molecule has 2 aromatic carbocycles. The summed E-state index contributed by atoms with van der Waals surface area (Å²) in [6, 6.07) is 13.7. The number of carbonyl (C=O) groups is 2. The van der Waals surface area contributed by atoms with Crippen LogP contribution in [0.25, 0.3) is 0 Å². The average Bonchev–Trinajstić information content (AvgIpc) is 2.80. The van der Waals surface area contributed by atoms with Gasteiger partial charge in [-0.05, 0) is 42.4 Å². The molecular weight excluding hydrogens is 406 g/mol. The normalized spacial score (nSPS) is 12.6. The van der Waals surface area contributed by atoms with Crippen LogP contribution in [0.4, 0.5) is 4.79 Å². The van der Waals surface area contributed by atoms with E-state index < -0.39 is 6.03 Å². The second-order valence-electron chi connectivity index (χ2n) is 8.15. The van der Waals surface area contributed by atoms with E-state index in [1.807, 2.05) is 51.1 Å². The third-order valence-electron chi connectivity index (χ3n) is 5.69. The van der Waals surface area contributed by atoms with E-state index in [-0.39, 0.29) is 29.4 Å². The van der Waals surface area contributed by atoms with Gasteiger partial charge in [0.2, 0.25) is 5.91 Å². The van der Waals surface area contributed by atoms with Gasteiger partial charge in [-0.3, -0.25) is 4.79 Å². The first-order chi connectivity index (χ1) is 15.3. The predicted octanol–water partition coefficient (Wildman–Crippen LogP) is 4.49. The molecule has 0 aliphatic rings. The molecule has 0 fully saturated rings. The van der Waals surface area contributed by atoms with Crippen molar-refractivity contribution in [3.05, 3.63) is 59.7 Å². The van der Waals surface area contributed by atoms with Crippen molar-refractivity contribution in [2.45, 2.75) is 65.5 Å². The molecule has 0 aromatic heterocycles. The number of nitrogens with one attached hydrogen (secondary N) is 2. The number of hydrogen-bond donors (Lipinski definition) is 4. The van der Waals surface area contributed by atoms with Gasteiger partial charge in [0.15, 0.2) is 11.5 Å². The van der Waals surface area contributed by atoms with E-state index >= 15 is 0 Å². The molecule has 3 amide bonds. The van der Waals surface area contributed by atoms with Gasteiger partial charge in [-0.15, -0.1) is 0 Å². The molecule has 2 atom stereocenters. The van der Waals surface area contributed by atoms with Crippen molar-refractivity contribution in [2.75, 3.05) is 0 Å². The van der Waals surface area contributed by atoms with Crippen molar-refractivity contribution in [3.63, 3.8) is 0 Å². The van der Waals surface area contributed by atoms with Gasteiger partial charge in [0, 0.05) is 13.0 Å². The summed E-state index contributed by atoms with van der Waals surface area (Å²) in [5.74, 6) is -0.250. The van der Waals surface area contributed by atoms with Gasteiger partial charge in [-0.2, -0.15) is 0 Å². The highest BCUT2D eigenvalue weighted by molar-refractivity contribution is 5.81.